The van der Waals surface area contributed by atoms with Crippen molar-refractivity contribution in [2.45, 2.75) is 18.8 Å². The Kier molecular flexibility index (Phi) is 2.71. The van der Waals surface area contributed by atoms with E-state index in [2.05, 4.69) is 6.07 Å². The molecule has 0 heterocycles. The monoisotopic (exact) mass is 240 g/mol. The summed E-state index contributed by atoms with van der Waals surface area (Å²) >= 11 is 0. The van der Waals surface area contributed by atoms with E-state index in [-0.39, 0.29) is 17.5 Å². The summed E-state index contributed by atoms with van der Waals surface area (Å²) in [5.41, 5.74) is 3.31. The number of fused-ring (bicyclic) bond motifs is 1. The Morgan fingerprint density at radius 3 is 2.56 bits per heavy atom. The molecule has 1 atom stereocenters. The van der Waals surface area contributed by atoms with Crippen LogP contribution in [0.25, 0.3) is 0 Å². The topological polar surface area (TPSA) is 17.1 Å². The van der Waals surface area contributed by atoms with Crippen LogP contribution in [0, 0.1) is 5.82 Å². The van der Waals surface area contributed by atoms with Crippen LogP contribution < -0.4 is 0 Å². The van der Waals surface area contributed by atoms with Crippen LogP contribution in [0.5, 0.6) is 0 Å². The minimum absolute atomic E-state index is 0.0336. The van der Waals surface area contributed by atoms with Gasteiger partial charge in [-0.25, -0.2) is 4.39 Å². The lowest BCUT2D eigenvalue weighted by Gasteiger charge is -2.28. The second-order valence-electron chi connectivity index (χ2n) is 4.73. The molecule has 2 heteroatoms. The largest absolute Gasteiger partial charge is 0.299 e. The highest BCUT2D eigenvalue weighted by Gasteiger charge is 2.31. The third-order valence-corrected chi connectivity index (χ3v) is 3.53. The highest BCUT2D eigenvalue weighted by Crippen LogP contribution is 2.36. The predicted molar refractivity (Wildman–Crippen MR) is 68.0 cm³/mol. The molecule has 3 rings (SSSR count). The number of carbonyl (C=O) groups is 1. The van der Waals surface area contributed by atoms with Crippen LogP contribution in [-0.4, -0.2) is 5.78 Å². The lowest BCUT2D eigenvalue weighted by molar-refractivity contribution is -0.120. The van der Waals surface area contributed by atoms with E-state index in [1.807, 2.05) is 18.2 Å². The van der Waals surface area contributed by atoms with Crippen molar-refractivity contribution in [1.82, 2.24) is 0 Å². The van der Waals surface area contributed by atoms with Gasteiger partial charge in [-0.15, -0.1) is 0 Å². The van der Waals surface area contributed by atoms with Crippen LogP contribution >= 0.6 is 0 Å². The second-order valence-corrected chi connectivity index (χ2v) is 4.73. The molecule has 0 bridgehead atoms. The molecule has 1 nitrogen and oxygen atoms in total. The molecular weight excluding hydrogens is 227 g/mol. The van der Waals surface area contributed by atoms with Crippen molar-refractivity contribution in [1.29, 1.82) is 0 Å². The maximum absolute atomic E-state index is 12.8. The number of Topliss-reactive ketones (excluding diaryl/α,β-unsaturated/α-hetero) is 1. The third-order valence-electron chi connectivity index (χ3n) is 3.53. The number of hydrogen-bond acceptors (Lipinski definition) is 1. The fourth-order valence-electron chi connectivity index (χ4n) is 2.47. The molecule has 0 spiro atoms. The van der Waals surface area contributed by atoms with Gasteiger partial charge in [0.05, 0.1) is 0 Å². The minimum Gasteiger partial charge on any atom is -0.299 e. The standard InChI is InChI=1S/C16H13FO/c17-13-7-5-11(6-8-13)9-16(18)15-10-12-3-1-2-4-14(12)15/h1-8,15H,9-10H2. The maximum atomic E-state index is 12.8. The summed E-state index contributed by atoms with van der Waals surface area (Å²) in [7, 11) is 0. The van der Waals surface area contributed by atoms with Crippen LogP contribution in [0.4, 0.5) is 4.39 Å². The molecule has 0 radical (unpaired) electrons. The summed E-state index contributed by atoms with van der Waals surface area (Å²) in [5.74, 6) is -0.00764. The molecule has 2 aromatic rings. The molecule has 2 aromatic carbocycles. The van der Waals surface area contributed by atoms with Gasteiger partial charge >= 0.3 is 0 Å². The van der Waals surface area contributed by atoms with Gasteiger partial charge in [-0.1, -0.05) is 36.4 Å². The third kappa shape index (κ3) is 1.94. The second kappa shape index (κ2) is 4.37. The fraction of sp³-hybridized carbons (Fsp3) is 0.188. The first-order chi connectivity index (χ1) is 8.74. The Bertz CT molecular complexity index is 586. The molecule has 1 aliphatic rings. The van der Waals surface area contributed by atoms with Crippen molar-refractivity contribution in [3.8, 4) is 0 Å². The number of carbonyl (C=O) groups excluding carboxylic acids is 1. The Morgan fingerprint density at radius 2 is 1.83 bits per heavy atom. The lowest BCUT2D eigenvalue weighted by Crippen LogP contribution is -2.26. The van der Waals surface area contributed by atoms with Gasteiger partial charge in [0.15, 0.2) is 0 Å². The lowest BCUT2D eigenvalue weighted by atomic mass is 9.74. The van der Waals surface area contributed by atoms with E-state index >= 15 is 0 Å². The van der Waals surface area contributed by atoms with E-state index in [1.54, 1.807) is 12.1 Å². The Balaban J connectivity index is 1.72. The normalized spacial score (nSPS) is 16.8. The molecule has 0 aliphatic heterocycles. The van der Waals surface area contributed by atoms with E-state index in [0.717, 1.165) is 17.5 Å². The summed E-state index contributed by atoms with van der Waals surface area (Å²) < 4.78 is 12.8. The van der Waals surface area contributed by atoms with Crippen molar-refractivity contribution in [3.05, 3.63) is 71.0 Å². The molecule has 0 fully saturated rings. The first kappa shape index (κ1) is 11.1. The van der Waals surface area contributed by atoms with E-state index in [4.69, 9.17) is 0 Å². The molecule has 0 saturated carbocycles. The molecule has 0 saturated heterocycles. The molecule has 1 unspecified atom stereocenters. The van der Waals surface area contributed by atoms with E-state index < -0.39 is 0 Å². The number of hydrogen-bond donors (Lipinski definition) is 0. The number of benzene rings is 2. The minimum atomic E-state index is -0.264. The van der Waals surface area contributed by atoms with Gasteiger partial charge in [0.2, 0.25) is 0 Å². The number of ketones is 1. The molecule has 0 amide bonds. The van der Waals surface area contributed by atoms with Gasteiger partial charge in [0, 0.05) is 12.3 Å². The number of rotatable bonds is 3. The average Bonchev–Trinajstić information content (AvgIpc) is 2.34. The van der Waals surface area contributed by atoms with Crippen LogP contribution in [0.3, 0.4) is 0 Å². The quantitative estimate of drug-likeness (QED) is 0.804. The van der Waals surface area contributed by atoms with Crippen LogP contribution in [0.1, 0.15) is 22.6 Å². The van der Waals surface area contributed by atoms with Crippen molar-refractivity contribution < 1.29 is 9.18 Å². The first-order valence-electron chi connectivity index (χ1n) is 6.09. The fourth-order valence-corrected chi connectivity index (χ4v) is 2.47. The van der Waals surface area contributed by atoms with Crippen molar-refractivity contribution in [3.63, 3.8) is 0 Å². The highest BCUT2D eigenvalue weighted by atomic mass is 19.1. The molecule has 90 valence electrons. The zero-order chi connectivity index (χ0) is 12.5. The highest BCUT2D eigenvalue weighted by molar-refractivity contribution is 5.90. The SMILES string of the molecule is O=C(Cc1ccc(F)cc1)C1Cc2ccccc21. The maximum Gasteiger partial charge on any atom is 0.145 e. The molecular formula is C16H13FO. The summed E-state index contributed by atoms with van der Waals surface area (Å²) in [6, 6.07) is 14.2. The van der Waals surface area contributed by atoms with E-state index in [9.17, 15) is 9.18 Å². The molecule has 18 heavy (non-hydrogen) atoms. The van der Waals surface area contributed by atoms with Crippen LogP contribution in [0.15, 0.2) is 48.5 Å². The molecule has 0 N–H and O–H groups in total. The van der Waals surface area contributed by atoms with Crippen molar-refractivity contribution in [2.24, 2.45) is 0 Å². The summed E-state index contributed by atoms with van der Waals surface area (Å²) in [5, 5.41) is 0. The van der Waals surface area contributed by atoms with Crippen molar-refractivity contribution >= 4 is 5.78 Å². The van der Waals surface area contributed by atoms with E-state index in [1.165, 1.54) is 17.7 Å². The smallest absolute Gasteiger partial charge is 0.145 e. The van der Waals surface area contributed by atoms with Crippen LogP contribution in [0.2, 0.25) is 0 Å². The average molecular weight is 240 g/mol. The van der Waals surface area contributed by atoms with Gasteiger partial charge in [-0.3, -0.25) is 4.79 Å². The predicted octanol–water partition coefficient (Wildman–Crippen LogP) is 3.28. The first-order valence-corrected chi connectivity index (χ1v) is 6.09. The van der Waals surface area contributed by atoms with E-state index in [0.29, 0.717) is 6.42 Å². The Labute approximate surface area is 105 Å². The van der Waals surface area contributed by atoms with Gasteiger partial charge < -0.3 is 0 Å². The van der Waals surface area contributed by atoms with Crippen molar-refractivity contribution in [2.75, 3.05) is 0 Å². The summed E-state index contributed by atoms with van der Waals surface area (Å²) in [6.07, 6.45) is 1.23. The summed E-state index contributed by atoms with van der Waals surface area (Å²) in [4.78, 5) is 12.1. The van der Waals surface area contributed by atoms with Gasteiger partial charge in [0.25, 0.3) is 0 Å². The van der Waals surface area contributed by atoms with Gasteiger partial charge in [-0.2, -0.15) is 0 Å². The Morgan fingerprint density at radius 1 is 1.11 bits per heavy atom. The van der Waals surface area contributed by atoms with Gasteiger partial charge in [-0.05, 0) is 35.2 Å². The molecule has 1 aliphatic carbocycles. The van der Waals surface area contributed by atoms with Crippen LogP contribution in [-0.2, 0) is 17.6 Å². The summed E-state index contributed by atoms with van der Waals surface area (Å²) in [6.45, 7) is 0. The zero-order valence-electron chi connectivity index (χ0n) is 9.90. The molecule has 0 aromatic heterocycles. The zero-order valence-corrected chi connectivity index (χ0v) is 9.90. The Hall–Kier alpha value is -1.96. The number of halogens is 1. The van der Waals surface area contributed by atoms with Gasteiger partial charge in [0.1, 0.15) is 11.6 Å².